The molecular weight excluding hydrogens is 427 g/mol. The van der Waals surface area contributed by atoms with Crippen molar-refractivity contribution in [1.29, 1.82) is 0 Å². The summed E-state index contributed by atoms with van der Waals surface area (Å²) in [5.41, 5.74) is 12.7. The third-order valence-electron chi connectivity index (χ3n) is 6.68. The minimum absolute atomic E-state index is 0.0755. The number of halogens is 3. The Kier molecular flexibility index (Phi) is 6.42. The molecule has 2 N–H and O–H groups in total. The van der Waals surface area contributed by atoms with Crippen LogP contribution in [0.4, 0.5) is 19.0 Å². The lowest BCUT2D eigenvalue weighted by atomic mass is 9.96. The Morgan fingerprint density at radius 3 is 2.30 bits per heavy atom. The molecule has 4 rings (SSSR count). The highest BCUT2D eigenvalue weighted by Crippen LogP contribution is 2.37. The van der Waals surface area contributed by atoms with E-state index in [-0.39, 0.29) is 6.04 Å². The number of anilines is 1. The Morgan fingerprint density at radius 2 is 1.73 bits per heavy atom. The number of rotatable bonds is 5. The zero-order valence-electron chi connectivity index (χ0n) is 19.7. The van der Waals surface area contributed by atoms with Crippen molar-refractivity contribution >= 4 is 11.3 Å². The van der Waals surface area contributed by atoms with Crippen molar-refractivity contribution in [3.63, 3.8) is 0 Å². The third kappa shape index (κ3) is 4.87. The fourth-order valence-corrected chi connectivity index (χ4v) is 4.96. The van der Waals surface area contributed by atoms with Crippen molar-refractivity contribution in [3.8, 4) is 11.1 Å². The van der Waals surface area contributed by atoms with Gasteiger partial charge >= 0.3 is 6.18 Å². The average molecular weight is 460 g/mol. The molecule has 1 aliphatic heterocycles. The SMILES string of the molecule is Cc1ccc2c(-c3ccc(N)nc3)c(C(C)C)cn2c1C(C)N1CCN(CC(F)(F)F)CC1. The summed E-state index contributed by atoms with van der Waals surface area (Å²) in [5.74, 6) is 0.801. The van der Waals surface area contributed by atoms with Crippen molar-refractivity contribution in [1.82, 2.24) is 19.2 Å². The molecule has 5 nitrogen and oxygen atoms in total. The zero-order valence-corrected chi connectivity index (χ0v) is 19.7. The molecule has 1 atom stereocenters. The molecule has 0 spiro atoms. The number of piperazine rings is 1. The van der Waals surface area contributed by atoms with Crippen molar-refractivity contribution in [2.24, 2.45) is 0 Å². The normalized spacial score (nSPS) is 17.2. The van der Waals surface area contributed by atoms with Gasteiger partial charge in [0.25, 0.3) is 0 Å². The first kappa shape index (κ1) is 23.6. The molecule has 0 aromatic carbocycles. The molecule has 33 heavy (non-hydrogen) atoms. The quantitative estimate of drug-likeness (QED) is 0.566. The van der Waals surface area contributed by atoms with E-state index in [1.165, 1.54) is 21.7 Å². The molecule has 3 aromatic heterocycles. The van der Waals surface area contributed by atoms with E-state index in [0.29, 0.717) is 37.9 Å². The maximum atomic E-state index is 12.8. The van der Waals surface area contributed by atoms with E-state index in [1.807, 2.05) is 18.3 Å². The van der Waals surface area contributed by atoms with Crippen LogP contribution in [-0.4, -0.2) is 58.1 Å². The minimum atomic E-state index is -4.15. The number of aryl methyl sites for hydroxylation is 1. The number of alkyl halides is 3. The van der Waals surface area contributed by atoms with Crippen LogP contribution >= 0.6 is 0 Å². The van der Waals surface area contributed by atoms with Crippen LogP contribution in [-0.2, 0) is 0 Å². The van der Waals surface area contributed by atoms with Gasteiger partial charge in [-0.15, -0.1) is 0 Å². The molecule has 0 radical (unpaired) electrons. The maximum Gasteiger partial charge on any atom is 0.401 e. The van der Waals surface area contributed by atoms with Crippen LogP contribution in [0.2, 0.25) is 0 Å². The second-order valence-corrected chi connectivity index (χ2v) is 9.35. The number of nitrogen functional groups attached to an aromatic ring is 1. The van der Waals surface area contributed by atoms with Crippen LogP contribution < -0.4 is 5.73 Å². The average Bonchev–Trinajstić information content (AvgIpc) is 3.13. The first-order valence-corrected chi connectivity index (χ1v) is 11.4. The number of fused-ring (bicyclic) bond motifs is 1. The lowest BCUT2D eigenvalue weighted by Crippen LogP contribution is -2.49. The van der Waals surface area contributed by atoms with Crippen molar-refractivity contribution in [2.75, 3.05) is 38.5 Å². The molecule has 0 aliphatic carbocycles. The zero-order chi connectivity index (χ0) is 23.9. The first-order chi connectivity index (χ1) is 15.5. The fraction of sp³-hybridized carbons (Fsp3) is 0.480. The van der Waals surface area contributed by atoms with Crippen molar-refractivity contribution < 1.29 is 13.2 Å². The molecule has 1 saturated heterocycles. The van der Waals surface area contributed by atoms with Crippen LogP contribution in [0.25, 0.3) is 16.6 Å². The summed E-state index contributed by atoms with van der Waals surface area (Å²) >= 11 is 0. The number of nitrogens with two attached hydrogens (primary N) is 1. The number of aromatic nitrogens is 2. The standard InChI is InChI=1S/C25H32F3N5/c1-16(2)20-14-33-21(23(20)19-6-8-22(29)30-13-19)7-5-17(3)24(33)18(4)32-11-9-31(10-12-32)15-25(26,27)28/h5-8,13-14,16,18H,9-12,15H2,1-4H3,(H2,29,30). The van der Waals surface area contributed by atoms with E-state index in [2.05, 4.69) is 60.3 Å². The smallest absolute Gasteiger partial charge is 0.384 e. The molecule has 0 bridgehead atoms. The van der Waals surface area contributed by atoms with Crippen LogP contribution in [0.5, 0.6) is 0 Å². The molecule has 8 heteroatoms. The van der Waals surface area contributed by atoms with E-state index >= 15 is 0 Å². The van der Waals surface area contributed by atoms with Gasteiger partial charge in [0.2, 0.25) is 0 Å². The largest absolute Gasteiger partial charge is 0.401 e. The maximum absolute atomic E-state index is 12.8. The monoisotopic (exact) mass is 459 g/mol. The first-order valence-electron chi connectivity index (χ1n) is 11.4. The summed E-state index contributed by atoms with van der Waals surface area (Å²) < 4.78 is 40.6. The van der Waals surface area contributed by atoms with Gasteiger partial charge in [0.15, 0.2) is 0 Å². The summed E-state index contributed by atoms with van der Waals surface area (Å²) in [5, 5.41) is 0. The van der Waals surface area contributed by atoms with Gasteiger partial charge in [-0.05, 0) is 49.1 Å². The summed E-state index contributed by atoms with van der Waals surface area (Å²) in [7, 11) is 0. The summed E-state index contributed by atoms with van der Waals surface area (Å²) in [6.07, 6.45) is -0.120. The topological polar surface area (TPSA) is 49.8 Å². The van der Waals surface area contributed by atoms with Gasteiger partial charge in [0.1, 0.15) is 5.82 Å². The summed E-state index contributed by atoms with van der Waals surface area (Å²) in [4.78, 5) is 8.08. The molecule has 1 fully saturated rings. The molecule has 0 amide bonds. The van der Waals surface area contributed by atoms with Crippen molar-refractivity contribution in [2.45, 2.75) is 45.8 Å². The highest BCUT2D eigenvalue weighted by Gasteiger charge is 2.33. The number of hydrogen-bond acceptors (Lipinski definition) is 4. The van der Waals surface area contributed by atoms with Crippen LogP contribution in [0.1, 0.15) is 49.6 Å². The van der Waals surface area contributed by atoms with E-state index in [4.69, 9.17) is 5.73 Å². The predicted molar refractivity (Wildman–Crippen MR) is 126 cm³/mol. The molecule has 3 aromatic rings. The molecule has 1 aliphatic rings. The van der Waals surface area contributed by atoms with Gasteiger partial charge in [-0.3, -0.25) is 9.80 Å². The number of hydrogen-bond donors (Lipinski definition) is 1. The van der Waals surface area contributed by atoms with Crippen LogP contribution in [0, 0.1) is 6.92 Å². The van der Waals surface area contributed by atoms with E-state index in [9.17, 15) is 13.2 Å². The predicted octanol–water partition coefficient (Wildman–Crippen LogP) is 5.26. The summed E-state index contributed by atoms with van der Waals surface area (Å²) in [6.45, 7) is 9.84. The molecular formula is C25H32F3N5. The van der Waals surface area contributed by atoms with E-state index < -0.39 is 12.7 Å². The number of nitrogens with zero attached hydrogens (tertiary/aromatic N) is 4. The highest BCUT2D eigenvalue weighted by molar-refractivity contribution is 5.85. The molecule has 4 heterocycles. The second-order valence-electron chi connectivity index (χ2n) is 9.35. The Labute approximate surface area is 193 Å². The van der Waals surface area contributed by atoms with E-state index in [0.717, 1.165) is 16.6 Å². The number of pyridine rings is 2. The fourth-order valence-electron chi connectivity index (χ4n) is 4.96. The van der Waals surface area contributed by atoms with Gasteiger partial charge in [-0.25, -0.2) is 4.98 Å². The Hall–Kier alpha value is -2.58. The third-order valence-corrected chi connectivity index (χ3v) is 6.68. The van der Waals surface area contributed by atoms with Gasteiger partial charge in [0, 0.05) is 61.4 Å². The lowest BCUT2D eigenvalue weighted by molar-refractivity contribution is -0.149. The van der Waals surface area contributed by atoms with E-state index in [1.54, 1.807) is 0 Å². The van der Waals surface area contributed by atoms with Crippen LogP contribution in [0.15, 0.2) is 36.7 Å². The van der Waals surface area contributed by atoms with Gasteiger partial charge in [-0.2, -0.15) is 13.2 Å². The molecule has 178 valence electrons. The Morgan fingerprint density at radius 1 is 1.03 bits per heavy atom. The highest BCUT2D eigenvalue weighted by atomic mass is 19.4. The molecule has 1 unspecified atom stereocenters. The summed E-state index contributed by atoms with van der Waals surface area (Å²) in [6, 6.07) is 8.18. The molecule has 0 saturated carbocycles. The Balaban J connectivity index is 1.71. The lowest BCUT2D eigenvalue weighted by Gasteiger charge is -2.38. The minimum Gasteiger partial charge on any atom is -0.384 e. The van der Waals surface area contributed by atoms with Gasteiger partial charge < -0.3 is 10.1 Å². The van der Waals surface area contributed by atoms with Gasteiger partial charge in [-0.1, -0.05) is 19.9 Å². The van der Waals surface area contributed by atoms with Crippen LogP contribution in [0.3, 0.4) is 0 Å². The Bertz CT molecular complexity index is 1110. The second kappa shape index (κ2) is 8.99. The van der Waals surface area contributed by atoms with Crippen molar-refractivity contribution in [3.05, 3.63) is 53.5 Å². The van der Waals surface area contributed by atoms with Gasteiger partial charge in [0.05, 0.1) is 12.1 Å².